The number of aliphatic carboxylic acids is 1. The van der Waals surface area contributed by atoms with Gasteiger partial charge in [-0.1, -0.05) is 30.4 Å². The van der Waals surface area contributed by atoms with Gasteiger partial charge in [0, 0.05) is 38.4 Å². The summed E-state index contributed by atoms with van der Waals surface area (Å²) in [6.07, 6.45) is 6.75. The van der Waals surface area contributed by atoms with Crippen LogP contribution >= 0.6 is 0 Å². The first-order valence-electron chi connectivity index (χ1n) is 10.8. The number of aryl methyl sites for hydroxylation is 1. The number of benzene rings is 1. The van der Waals surface area contributed by atoms with Crippen molar-refractivity contribution in [2.75, 3.05) is 44.2 Å². The maximum Gasteiger partial charge on any atom is 0.317 e. The van der Waals surface area contributed by atoms with Crippen LogP contribution in [0.25, 0.3) is 0 Å². The van der Waals surface area contributed by atoms with E-state index < -0.39 is 5.97 Å². The summed E-state index contributed by atoms with van der Waals surface area (Å²) < 4.78 is 0. The molecule has 31 heavy (non-hydrogen) atoms. The molecule has 0 bridgehead atoms. The van der Waals surface area contributed by atoms with E-state index >= 15 is 0 Å². The first-order chi connectivity index (χ1) is 15.0. The highest BCUT2D eigenvalue weighted by atomic mass is 16.4. The Hall–Kier alpha value is -3.13. The summed E-state index contributed by atoms with van der Waals surface area (Å²) in [5.74, 6) is -1.12. The van der Waals surface area contributed by atoms with E-state index in [2.05, 4.69) is 11.4 Å². The number of fused-ring (bicyclic) bond motifs is 1. The number of anilines is 1. The second kappa shape index (κ2) is 9.34. The molecule has 0 unspecified atom stereocenters. The maximum absolute atomic E-state index is 13.2. The lowest BCUT2D eigenvalue weighted by atomic mass is 10.0. The van der Waals surface area contributed by atoms with Gasteiger partial charge in [0.15, 0.2) is 0 Å². The van der Waals surface area contributed by atoms with Gasteiger partial charge in [0.25, 0.3) is 11.8 Å². The van der Waals surface area contributed by atoms with Crippen molar-refractivity contribution in [2.24, 2.45) is 0 Å². The predicted molar refractivity (Wildman–Crippen MR) is 116 cm³/mol. The third kappa shape index (κ3) is 4.80. The topological polar surface area (TPSA) is 93.2 Å². The average Bonchev–Trinajstić information content (AvgIpc) is 3.03. The number of para-hydroxylation sites is 1. The molecule has 8 heteroatoms. The molecule has 1 aromatic carbocycles. The second-order valence-corrected chi connectivity index (χ2v) is 8.10. The Kier molecular flexibility index (Phi) is 6.36. The van der Waals surface area contributed by atoms with Crippen molar-refractivity contribution >= 4 is 23.5 Å². The Morgan fingerprint density at radius 3 is 2.48 bits per heavy atom. The molecule has 1 fully saturated rings. The van der Waals surface area contributed by atoms with E-state index in [1.807, 2.05) is 35.3 Å². The van der Waals surface area contributed by atoms with Crippen LogP contribution in [-0.4, -0.2) is 72.0 Å². The van der Waals surface area contributed by atoms with Crippen LogP contribution < -0.4 is 10.2 Å². The molecule has 8 nitrogen and oxygen atoms in total. The highest BCUT2D eigenvalue weighted by Crippen LogP contribution is 2.28. The lowest BCUT2D eigenvalue weighted by Gasteiger charge is -2.31. The second-order valence-electron chi connectivity index (χ2n) is 8.10. The highest BCUT2D eigenvalue weighted by Gasteiger charge is 2.29. The van der Waals surface area contributed by atoms with Crippen molar-refractivity contribution in [1.82, 2.24) is 15.1 Å². The number of carboxylic acids is 1. The lowest BCUT2D eigenvalue weighted by molar-refractivity contribution is -0.138. The molecule has 4 rings (SSSR count). The first-order valence-corrected chi connectivity index (χ1v) is 10.8. The van der Waals surface area contributed by atoms with E-state index in [0.717, 1.165) is 24.9 Å². The molecule has 0 aromatic heterocycles. The molecule has 0 saturated carbocycles. The summed E-state index contributed by atoms with van der Waals surface area (Å²) in [5, 5.41) is 12.1. The van der Waals surface area contributed by atoms with Crippen molar-refractivity contribution in [1.29, 1.82) is 0 Å². The maximum atomic E-state index is 13.2. The first kappa shape index (κ1) is 21.1. The number of carbonyl (C=O) groups excluding carboxylic acids is 2. The normalized spacial score (nSPS) is 19.5. The van der Waals surface area contributed by atoms with E-state index in [-0.39, 0.29) is 18.4 Å². The number of hydrogen-bond donors (Lipinski definition) is 2. The molecule has 1 saturated heterocycles. The lowest BCUT2D eigenvalue weighted by Crippen LogP contribution is -2.43. The fourth-order valence-corrected chi connectivity index (χ4v) is 4.41. The summed E-state index contributed by atoms with van der Waals surface area (Å²) in [7, 11) is 0. The number of carboxylic acid groups (broad SMARTS) is 1. The average molecular weight is 425 g/mol. The van der Waals surface area contributed by atoms with Crippen LogP contribution in [0.3, 0.4) is 0 Å². The minimum atomic E-state index is -0.857. The fourth-order valence-electron chi connectivity index (χ4n) is 4.41. The van der Waals surface area contributed by atoms with Gasteiger partial charge < -0.3 is 20.2 Å². The Morgan fingerprint density at radius 1 is 0.903 bits per heavy atom. The Bertz CT molecular complexity index is 939. The van der Waals surface area contributed by atoms with Crippen LogP contribution in [0.5, 0.6) is 0 Å². The zero-order valence-electron chi connectivity index (χ0n) is 17.5. The standard InChI is InChI=1S/C23H28N4O4/c28-21(29)16-25-11-5-12-26(15-14-25)22(30)18-8-3-9-19(24-18)23(31)27-13-4-7-17-6-1-2-10-20(17)27/h1-2,6,8-10,24H,3-5,7,11-16H2,(H,28,29). The van der Waals surface area contributed by atoms with Gasteiger partial charge in [0.2, 0.25) is 0 Å². The van der Waals surface area contributed by atoms with Crippen molar-refractivity contribution < 1.29 is 19.5 Å². The van der Waals surface area contributed by atoms with Gasteiger partial charge in [-0.15, -0.1) is 0 Å². The van der Waals surface area contributed by atoms with E-state index in [1.165, 1.54) is 5.56 Å². The van der Waals surface area contributed by atoms with Gasteiger partial charge in [-0.05, 0) is 37.3 Å². The van der Waals surface area contributed by atoms with Gasteiger partial charge >= 0.3 is 5.97 Å². The molecular weight excluding hydrogens is 396 g/mol. The Morgan fingerprint density at radius 2 is 1.68 bits per heavy atom. The van der Waals surface area contributed by atoms with Gasteiger partial charge in [-0.3, -0.25) is 19.3 Å². The third-order valence-electron chi connectivity index (χ3n) is 5.96. The van der Waals surface area contributed by atoms with Crippen LogP contribution in [0, 0.1) is 0 Å². The SMILES string of the molecule is O=C(O)CN1CCCN(C(=O)C2=CCC=C(C(=O)N3CCCc4ccccc43)N2)CC1. The minimum Gasteiger partial charge on any atom is -0.480 e. The fraction of sp³-hybridized carbons (Fsp3) is 0.435. The molecule has 0 atom stereocenters. The Labute approximate surface area is 181 Å². The number of hydrogen-bond acceptors (Lipinski definition) is 5. The number of nitrogens with one attached hydrogen (secondary N) is 1. The molecule has 2 amide bonds. The summed E-state index contributed by atoms with van der Waals surface area (Å²) in [4.78, 5) is 42.7. The molecule has 3 heterocycles. The highest BCUT2D eigenvalue weighted by molar-refractivity contribution is 6.07. The zero-order valence-corrected chi connectivity index (χ0v) is 17.5. The molecular formula is C23H28N4O4. The minimum absolute atomic E-state index is 0.0122. The third-order valence-corrected chi connectivity index (χ3v) is 5.96. The smallest absolute Gasteiger partial charge is 0.317 e. The van der Waals surface area contributed by atoms with Crippen molar-refractivity contribution in [3.8, 4) is 0 Å². The number of dihydropyridines is 1. The predicted octanol–water partition coefficient (Wildman–Crippen LogP) is 1.35. The summed E-state index contributed by atoms with van der Waals surface area (Å²) >= 11 is 0. The molecule has 3 aliphatic heterocycles. The Balaban J connectivity index is 1.40. The van der Waals surface area contributed by atoms with Crippen molar-refractivity contribution in [3.63, 3.8) is 0 Å². The number of rotatable bonds is 4. The summed E-state index contributed by atoms with van der Waals surface area (Å²) in [5.41, 5.74) is 2.96. The number of amides is 2. The van der Waals surface area contributed by atoms with E-state index in [9.17, 15) is 14.4 Å². The molecule has 0 spiro atoms. The van der Waals surface area contributed by atoms with Gasteiger partial charge in [-0.2, -0.15) is 0 Å². The van der Waals surface area contributed by atoms with Crippen LogP contribution in [-0.2, 0) is 20.8 Å². The van der Waals surface area contributed by atoms with Crippen molar-refractivity contribution in [3.05, 3.63) is 53.4 Å². The van der Waals surface area contributed by atoms with Crippen molar-refractivity contribution in [2.45, 2.75) is 25.7 Å². The van der Waals surface area contributed by atoms with Crippen LogP contribution in [0.1, 0.15) is 24.8 Å². The largest absolute Gasteiger partial charge is 0.480 e. The quantitative estimate of drug-likeness (QED) is 0.758. The van der Waals surface area contributed by atoms with Crippen LogP contribution in [0.15, 0.2) is 47.8 Å². The van der Waals surface area contributed by atoms with Crippen LogP contribution in [0.4, 0.5) is 5.69 Å². The molecule has 3 aliphatic rings. The van der Waals surface area contributed by atoms with E-state index in [1.54, 1.807) is 9.80 Å². The van der Waals surface area contributed by atoms with Gasteiger partial charge in [0.1, 0.15) is 11.4 Å². The molecule has 0 radical (unpaired) electrons. The van der Waals surface area contributed by atoms with E-state index in [0.29, 0.717) is 50.5 Å². The molecule has 164 valence electrons. The monoisotopic (exact) mass is 424 g/mol. The zero-order chi connectivity index (χ0) is 21.8. The molecule has 0 aliphatic carbocycles. The number of allylic oxidation sites excluding steroid dienone is 2. The number of carbonyl (C=O) groups is 3. The number of nitrogens with zero attached hydrogens (tertiary/aromatic N) is 3. The summed E-state index contributed by atoms with van der Waals surface area (Å²) in [6, 6.07) is 7.95. The van der Waals surface area contributed by atoms with Gasteiger partial charge in [-0.25, -0.2) is 0 Å². The molecule has 2 N–H and O–H groups in total. The van der Waals surface area contributed by atoms with Gasteiger partial charge in [0.05, 0.1) is 6.54 Å². The van der Waals surface area contributed by atoms with Crippen LogP contribution in [0.2, 0.25) is 0 Å². The molecule has 1 aromatic rings. The summed E-state index contributed by atoms with van der Waals surface area (Å²) in [6.45, 7) is 2.87. The van der Waals surface area contributed by atoms with E-state index in [4.69, 9.17) is 5.11 Å².